The van der Waals surface area contributed by atoms with Crippen LogP contribution in [-0.2, 0) is 9.59 Å². The third-order valence-electron chi connectivity index (χ3n) is 4.19. The summed E-state index contributed by atoms with van der Waals surface area (Å²) in [6.07, 6.45) is 2.80. The molecule has 1 aliphatic rings. The smallest absolute Gasteiger partial charge is 0.310 e. The van der Waals surface area contributed by atoms with E-state index in [0.717, 1.165) is 24.0 Å². The summed E-state index contributed by atoms with van der Waals surface area (Å²) in [4.78, 5) is 23.1. The normalized spacial score (nSPS) is 28.3. The van der Waals surface area contributed by atoms with Crippen molar-refractivity contribution in [2.24, 2.45) is 11.3 Å². The first kappa shape index (κ1) is 14.7. The number of aliphatic carboxylic acids is 2. The Morgan fingerprint density at radius 3 is 2.33 bits per heavy atom. The van der Waals surface area contributed by atoms with Crippen LogP contribution in [0.4, 0.5) is 0 Å². The van der Waals surface area contributed by atoms with Gasteiger partial charge in [-0.05, 0) is 33.1 Å². The summed E-state index contributed by atoms with van der Waals surface area (Å²) in [5.74, 6) is -2.75. The van der Waals surface area contributed by atoms with Crippen LogP contribution in [0.2, 0.25) is 0 Å². The SMILES string of the molecule is CCCC[C@@]1(C(=O)O)CC(C)=C(C)C[C@H]1C(=O)O. The van der Waals surface area contributed by atoms with Crippen molar-refractivity contribution in [1.29, 1.82) is 0 Å². The number of unbranched alkanes of at least 4 members (excludes halogenated alkanes) is 1. The summed E-state index contributed by atoms with van der Waals surface area (Å²) >= 11 is 0. The quantitative estimate of drug-likeness (QED) is 0.739. The zero-order chi connectivity index (χ0) is 13.9. The maximum atomic E-state index is 11.7. The van der Waals surface area contributed by atoms with Gasteiger partial charge in [-0.15, -0.1) is 0 Å². The van der Waals surface area contributed by atoms with Gasteiger partial charge in [-0.1, -0.05) is 30.9 Å². The van der Waals surface area contributed by atoms with Gasteiger partial charge in [0.15, 0.2) is 0 Å². The van der Waals surface area contributed by atoms with Crippen LogP contribution in [0.5, 0.6) is 0 Å². The Morgan fingerprint density at radius 1 is 1.28 bits per heavy atom. The van der Waals surface area contributed by atoms with Crippen molar-refractivity contribution in [3.05, 3.63) is 11.1 Å². The molecule has 4 heteroatoms. The molecule has 0 amide bonds. The van der Waals surface area contributed by atoms with Crippen LogP contribution in [-0.4, -0.2) is 22.2 Å². The molecule has 0 fully saturated rings. The number of carbonyl (C=O) groups is 2. The van der Waals surface area contributed by atoms with E-state index in [4.69, 9.17) is 0 Å². The molecular weight excluding hydrogens is 232 g/mol. The van der Waals surface area contributed by atoms with Crippen molar-refractivity contribution < 1.29 is 19.8 Å². The Morgan fingerprint density at radius 2 is 1.89 bits per heavy atom. The Bertz CT molecular complexity index is 383. The Labute approximate surface area is 108 Å². The lowest BCUT2D eigenvalue weighted by atomic mass is 9.62. The Hall–Kier alpha value is -1.32. The van der Waals surface area contributed by atoms with E-state index < -0.39 is 23.3 Å². The van der Waals surface area contributed by atoms with Gasteiger partial charge in [0, 0.05) is 0 Å². The molecule has 0 spiro atoms. The lowest BCUT2D eigenvalue weighted by Crippen LogP contribution is -2.45. The summed E-state index contributed by atoms with van der Waals surface area (Å²) in [6.45, 7) is 5.80. The number of hydrogen-bond acceptors (Lipinski definition) is 2. The third kappa shape index (κ3) is 2.57. The second-order valence-electron chi connectivity index (χ2n) is 5.40. The van der Waals surface area contributed by atoms with Crippen molar-refractivity contribution in [2.75, 3.05) is 0 Å². The second kappa shape index (κ2) is 5.55. The van der Waals surface area contributed by atoms with Gasteiger partial charge in [0.2, 0.25) is 0 Å². The van der Waals surface area contributed by atoms with Gasteiger partial charge in [0.1, 0.15) is 0 Å². The van der Waals surface area contributed by atoms with Gasteiger partial charge in [-0.25, -0.2) is 0 Å². The lowest BCUT2D eigenvalue weighted by molar-refractivity contribution is -0.164. The molecule has 0 heterocycles. The molecule has 0 radical (unpaired) electrons. The van der Waals surface area contributed by atoms with Crippen molar-refractivity contribution >= 4 is 11.9 Å². The standard InChI is InChI=1S/C14H22O4/c1-4-5-6-14(13(17)18)8-10(3)9(2)7-11(14)12(15)16/h11H,4-8H2,1-3H3,(H,15,16)(H,17,18)/t11-,14+/m0/s1. The third-order valence-corrected chi connectivity index (χ3v) is 4.19. The van der Waals surface area contributed by atoms with E-state index in [1.54, 1.807) is 0 Å². The van der Waals surface area contributed by atoms with Gasteiger partial charge in [-0.3, -0.25) is 9.59 Å². The molecule has 2 atom stereocenters. The molecule has 0 saturated carbocycles. The predicted octanol–water partition coefficient (Wildman–Crippen LogP) is 3.08. The van der Waals surface area contributed by atoms with E-state index in [-0.39, 0.29) is 0 Å². The summed E-state index contributed by atoms with van der Waals surface area (Å²) in [6, 6.07) is 0. The van der Waals surface area contributed by atoms with Crippen LogP contribution in [0.3, 0.4) is 0 Å². The number of rotatable bonds is 5. The molecule has 0 aromatic heterocycles. The van der Waals surface area contributed by atoms with Gasteiger partial charge in [-0.2, -0.15) is 0 Å². The molecule has 0 aromatic rings. The lowest BCUT2D eigenvalue weighted by Gasteiger charge is -2.39. The Balaban J connectivity index is 3.18. The average Bonchev–Trinajstić information content (AvgIpc) is 2.29. The van der Waals surface area contributed by atoms with Crippen LogP contribution < -0.4 is 0 Å². The molecule has 0 aromatic carbocycles. The van der Waals surface area contributed by atoms with Crippen molar-refractivity contribution in [3.8, 4) is 0 Å². The molecule has 0 bridgehead atoms. The Kier molecular flexibility index (Phi) is 4.54. The monoisotopic (exact) mass is 254 g/mol. The zero-order valence-electron chi connectivity index (χ0n) is 11.3. The van der Waals surface area contributed by atoms with E-state index in [1.165, 1.54) is 0 Å². The molecule has 18 heavy (non-hydrogen) atoms. The van der Waals surface area contributed by atoms with Gasteiger partial charge in [0.25, 0.3) is 0 Å². The molecule has 1 rings (SSSR count). The summed E-state index contributed by atoms with van der Waals surface area (Å²) in [5.41, 5.74) is 0.938. The molecule has 0 unspecified atom stereocenters. The van der Waals surface area contributed by atoms with Gasteiger partial charge < -0.3 is 10.2 Å². The molecular formula is C14H22O4. The first-order valence-electron chi connectivity index (χ1n) is 6.46. The molecule has 0 aliphatic heterocycles. The maximum Gasteiger partial charge on any atom is 0.310 e. The van der Waals surface area contributed by atoms with Gasteiger partial charge >= 0.3 is 11.9 Å². The van der Waals surface area contributed by atoms with Gasteiger partial charge in [0.05, 0.1) is 11.3 Å². The van der Waals surface area contributed by atoms with Crippen molar-refractivity contribution in [1.82, 2.24) is 0 Å². The first-order valence-corrected chi connectivity index (χ1v) is 6.46. The molecule has 2 N–H and O–H groups in total. The number of allylic oxidation sites excluding steroid dienone is 2. The van der Waals surface area contributed by atoms with Crippen LogP contribution in [0.1, 0.15) is 52.9 Å². The van der Waals surface area contributed by atoms with Crippen LogP contribution in [0, 0.1) is 11.3 Å². The number of hydrogen-bond donors (Lipinski definition) is 2. The van der Waals surface area contributed by atoms with E-state index in [2.05, 4.69) is 0 Å². The highest BCUT2D eigenvalue weighted by Gasteiger charge is 2.51. The average molecular weight is 254 g/mol. The fraction of sp³-hybridized carbons (Fsp3) is 0.714. The fourth-order valence-corrected chi connectivity index (χ4v) is 2.83. The van der Waals surface area contributed by atoms with E-state index in [0.29, 0.717) is 19.3 Å². The predicted molar refractivity (Wildman–Crippen MR) is 68.3 cm³/mol. The molecule has 102 valence electrons. The van der Waals surface area contributed by atoms with Crippen LogP contribution >= 0.6 is 0 Å². The van der Waals surface area contributed by atoms with E-state index in [9.17, 15) is 19.8 Å². The highest BCUT2D eigenvalue weighted by Crippen LogP contribution is 2.47. The fourth-order valence-electron chi connectivity index (χ4n) is 2.83. The van der Waals surface area contributed by atoms with Crippen molar-refractivity contribution in [2.45, 2.75) is 52.9 Å². The largest absolute Gasteiger partial charge is 0.481 e. The minimum atomic E-state index is -1.12. The van der Waals surface area contributed by atoms with E-state index >= 15 is 0 Å². The summed E-state index contributed by atoms with van der Waals surface area (Å²) in [7, 11) is 0. The second-order valence-corrected chi connectivity index (χ2v) is 5.40. The summed E-state index contributed by atoms with van der Waals surface area (Å²) in [5, 5.41) is 18.9. The maximum absolute atomic E-state index is 11.7. The highest BCUT2D eigenvalue weighted by molar-refractivity contribution is 5.84. The minimum Gasteiger partial charge on any atom is -0.481 e. The molecule has 4 nitrogen and oxygen atoms in total. The topological polar surface area (TPSA) is 74.6 Å². The van der Waals surface area contributed by atoms with Crippen molar-refractivity contribution in [3.63, 3.8) is 0 Å². The summed E-state index contributed by atoms with van der Waals surface area (Å²) < 4.78 is 0. The van der Waals surface area contributed by atoms with Crippen LogP contribution in [0.15, 0.2) is 11.1 Å². The van der Waals surface area contributed by atoms with E-state index in [1.807, 2.05) is 20.8 Å². The zero-order valence-corrected chi connectivity index (χ0v) is 11.3. The minimum absolute atomic E-state index is 0.358. The number of carboxylic acids is 2. The first-order chi connectivity index (χ1) is 8.35. The molecule has 1 aliphatic carbocycles. The molecule has 0 saturated heterocycles. The van der Waals surface area contributed by atoms with Crippen LogP contribution in [0.25, 0.3) is 0 Å². The number of carboxylic acid groups (broad SMARTS) is 2. The highest BCUT2D eigenvalue weighted by atomic mass is 16.4.